The third kappa shape index (κ3) is 4.67. The molecular formula is C13H24O2. The van der Waals surface area contributed by atoms with E-state index in [1.165, 1.54) is 19.3 Å². The van der Waals surface area contributed by atoms with Gasteiger partial charge in [0.1, 0.15) is 6.10 Å². The minimum Gasteiger partial charge on any atom is -0.462 e. The van der Waals surface area contributed by atoms with Crippen LogP contribution in [0, 0.1) is 11.8 Å². The van der Waals surface area contributed by atoms with Crippen molar-refractivity contribution in [2.75, 3.05) is 0 Å². The van der Waals surface area contributed by atoms with Gasteiger partial charge in [-0.25, -0.2) is 0 Å². The van der Waals surface area contributed by atoms with Gasteiger partial charge in [0.15, 0.2) is 0 Å². The molecule has 1 fully saturated rings. The van der Waals surface area contributed by atoms with Gasteiger partial charge in [0.05, 0.1) is 5.92 Å². The van der Waals surface area contributed by atoms with Crippen molar-refractivity contribution in [2.24, 2.45) is 11.8 Å². The van der Waals surface area contributed by atoms with E-state index < -0.39 is 0 Å². The van der Waals surface area contributed by atoms with Crippen molar-refractivity contribution in [1.82, 2.24) is 0 Å². The summed E-state index contributed by atoms with van der Waals surface area (Å²) in [5.41, 5.74) is 0. The van der Waals surface area contributed by atoms with Crippen LogP contribution in [0.3, 0.4) is 0 Å². The van der Waals surface area contributed by atoms with Crippen LogP contribution in [0.5, 0.6) is 0 Å². The summed E-state index contributed by atoms with van der Waals surface area (Å²) in [7, 11) is 0. The predicted molar refractivity (Wildman–Crippen MR) is 61.6 cm³/mol. The molecule has 0 N–H and O–H groups in total. The van der Waals surface area contributed by atoms with Crippen LogP contribution < -0.4 is 0 Å². The fraction of sp³-hybridized carbons (Fsp3) is 0.923. The van der Waals surface area contributed by atoms with Gasteiger partial charge in [0.2, 0.25) is 0 Å². The summed E-state index contributed by atoms with van der Waals surface area (Å²) in [6, 6.07) is 0. The van der Waals surface area contributed by atoms with Gasteiger partial charge in [0.25, 0.3) is 0 Å². The van der Waals surface area contributed by atoms with E-state index in [0.29, 0.717) is 5.92 Å². The highest BCUT2D eigenvalue weighted by molar-refractivity contribution is 5.72. The molecule has 15 heavy (non-hydrogen) atoms. The van der Waals surface area contributed by atoms with Crippen LogP contribution in [0.1, 0.15) is 59.3 Å². The van der Waals surface area contributed by atoms with Crippen molar-refractivity contribution in [3.05, 3.63) is 0 Å². The van der Waals surface area contributed by atoms with Crippen LogP contribution in [0.25, 0.3) is 0 Å². The van der Waals surface area contributed by atoms with Gasteiger partial charge in [-0.2, -0.15) is 0 Å². The number of hydrogen-bond acceptors (Lipinski definition) is 2. The van der Waals surface area contributed by atoms with Gasteiger partial charge in [-0.15, -0.1) is 0 Å². The number of hydrogen-bond donors (Lipinski definition) is 0. The molecule has 1 rings (SSSR count). The lowest BCUT2D eigenvalue weighted by Gasteiger charge is -2.23. The topological polar surface area (TPSA) is 26.3 Å². The van der Waals surface area contributed by atoms with Crippen molar-refractivity contribution >= 4 is 5.97 Å². The Bertz CT molecular complexity index is 193. The molecular weight excluding hydrogens is 188 g/mol. The molecule has 1 aliphatic carbocycles. The van der Waals surface area contributed by atoms with E-state index in [-0.39, 0.29) is 18.0 Å². The van der Waals surface area contributed by atoms with E-state index in [1.807, 2.05) is 6.92 Å². The van der Waals surface area contributed by atoms with Crippen molar-refractivity contribution in [2.45, 2.75) is 65.4 Å². The first-order chi connectivity index (χ1) is 7.09. The van der Waals surface area contributed by atoms with Gasteiger partial charge in [-0.05, 0) is 38.0 Å². The summed E-state index contributed by atoms with van der Waals surface area (Å²) in [4.78, 5) is 11.7. The van der Waals surface area contributed by atoms with E-state index in [1.54, 1.807) is 0 Å². The van der Waals surface area contributed by atoms with Crippen molar-refractivity contribution in [3.8, 4) is 0 Å². The van der Waals surface area contributed by atoms with Crippen molar-refractivity contribution < 1.29 is 9.53 Å². The quantitative estimate of drug-likeness (QED) is 0.666. The second kappa shape index (κ2) is 6.14. The molecule has 1 atom stereocenters. The average molecular weight is 212 g/mol. The Morgan fingerprint density at radius 1 is 1.20 bits per heavy atom. The van der Waals surface area contributed by atoms with Crippen LogP contribution in [0.2, 0.25) is 0 Å². The van der Waals surface area contributed by atoms with E-state index in [4.69, 9.17) is 4.74 Å². The molecule has 2 nitrogen and oxygen atoms in total. The summed E-state index contributed by atoms with van der Waals surface area (Å²) in [5.74, 6) is 0.640. The van der Waals surface area contributed by atoms with Gasteiger partial charge >= 0.3 is 5.97 Å². The third-order valence-electron chi connectivity index (χ3n) is 3.06. The predicted octanol–water partition coefficient (Wildman–Crippen LogP) is 3.54. The first-order valence-electron chi connectivity index (χ1n) is 6.30. The number of rotatable bonds is 4. The molecule has 0 heterocycles. The van der Waals surface area contributed by atoms with Gasteiger partial charge in [-0.3, -0.25) is 4.79 Å². The Balaban J connectivity index is 2.27. The monoisotopic (exact) mass is 212 g/mol. The number of esters is 1. The second-order valence-electron chi connectivity index (χ2n) is 5.23. The van der Waals surface area contributed by atoms with Crippen LogP contribution in [0.4, 0.5) is 0 Å². The summed E-state index contributed by atoms with van der Waals surface area (Å²) in [6.07, 6.45) is 7.02. The first kappa shape index (κ1) is 12.5. The molecule has 0 radical (unpaired) electrons. The second-order valence-corrected chi connectivity index (χ2v) is 5.23. The van der Waals surface area contributed by atoms with E-state index in [2.05, 4.69) is 13.8 Å². The highest BCUT2D eigenvalue weighted by Gasteiger charge is 2.21. The Morgan fingerprint density at radius 2 is 1.80 bits per heavy atom. The Labute approximate surface area is 93.4 Å². The zero-order valence-corrected chi connectivity index (χ0v) is 10.3. The van der Waals surface area contributed by atoms with E-state index in [9.17, 15) is 4.79 Å². The van der Waals surface area contributed by atoms with Gasteiger partial charge in [-0.1, -0.05) is 27.2 Å². The number of carbonyl (C=O) groups is 1. The lowest BCUT2D eigenvalue weighted by atomic mass is 9.96. The maximum Gasteiger partial charge on any atom is 0.308 e. The lowest BCUT2D eigenvalue weighted by Crippen LogP contribution is -2.25. The summed E-state index contributed by atoms with van der Waals surface area (Å²) in [5, 5.41) is 0. The van der Waals surface area contributed by atoms with Gasteiger partial charge < -0.3 is 4.74 Å². The maximum absolute atomic E-state index is 11.7. The maximum atomic E-state index is 11.7. The molecule has 0 amide bonds. The fourth-order valence-corrected chi connectivity index (χ4v) is 2.27. The van der Waals surface area contributed by atoms with Gasteiger partial charge in [0, 0.05) is 0 Å². The highest BCUT2D eigenvalue weighted by Crippen LogP contribution is 2.22. The van der Waals surface area contributed by atoms with Crippen molar-refractivity contribution in [1.29, 1.82) is 0 Å². The molecule has 88 valence electrons. The molecule has 0 saturated heterocycles. The molecule has 1 unspecified atom stereocenters. The van der Waals surface area contributed by atoms with Crippen LogP contribution in [-0.4, -0.2) is 12.1 Å². The largest absolute Gasteiger partial charge is 0.462 e. The van der Waals surface area contributed by atoms with Crippen LogP contribution >= 0.6 is 0 Å². The normalized spacial score (nSPS) is 20.3. The average Bonchev–Trinajstić information content (AvgIpc) is 2.18. The molecule has 1 saturated carbocycles. The summed E-state index contributed by atoms with van der Waals surface area (Å²) < 4.78 is 5.52. The zero-order valence-electron chi connectivity index (χ0n) is 10.3. The first-order valence-corrected chi connectivity index (χ1v) is 6.30. The summed E-state index contributed by atoms with van der Waals surface area (Å²) >= 11 is 0. The molecule has 0 aromatic heterocycles. The molecule has 2 heteroatoms. The SMILES string of the molecule is CC(C)CC(C)C(=O)OC1CCCCC1. The Morgan fingerprint density at radius 3 is 2.33 bits per heavy atom. The fourth-order valence-electron chi connectivity index (χ4n) is 2.27. The lowest BCUT2D eigenvalue weighted by molar-refractivity contribution is -0.155. The summed E-state index contributed by atoms with van der Waals surface area (Å²) in [6.45, 7) is 6.26. The molecule has 0 spiro atoms. The molecule has 0 aromatic rings. The number of carbonyl (C=O) groups excluding carboxylic acids is 1. The van der Waals surface area contributed by atoms with Crippen molar-refractivity contribution in [3.63, 3.8) is 0 Å². The molecule has 1 aliphatic rings. The number of ether oxygens (including phenoxy) is 1. The third-order valence-corrected chi connectivity index (χ3v) is 3.06. The molecule has 0 aromatic carbocycles. The van der Waals surface area contributed by atoms with E-state index >= 15 is 0 Å². The standard InChI is InChI=1S/C13H24O2/c1-10(2)9-11(3)13(14)15-12-7-5-4-6-8-12/h10-12H,4-9H2,1-3H3. The Hall–Kier alpha value is -0.530. The molecule has 0 aliphatic heterocycles. The zero-order chi connectivity index (χ0) is 11.3. The van der Waals surface area contributed by atoms with Crippen LogP contribution in [-0.2, 0) is 9.53 Å². The smallest absolute Gasteiger partial charge is 0.308 e. The molecule has 0 bridgehead atoms. The minimum atomic E-state index is 0.00981. The van der Waals surface area contributed by atoms with Crippen LogP contribution in [0.15, 0.2) is 0 Å². The highest BCUT2D eigenvalue weighted by atomic mass is 16.5. The minimum absolute atomic E-state index is 0.00981. The Kier molecular flexibility index (Phi) is 5.13. The van der Waals surface area contributed by atoms with E-state index in [0.717, 1.165) is 19.3 Å².